The first-order valence-corrected chi connectivity index (χ1v) is 8.28. The van der Waals surface area contributed by atoms with Gasteiger partial charge in [0, 0.05) is 24.6 Å². The minimum Gasteiger partial charge on any atom is -0.360 e. The lowest BCUT2D eigenvalue weighted by Crippen LogP contribution is -2.46. The summed E-state index contributed by atoms with van der Waals surface area (Å²) in [5.41, 5.74) is 0.492. The second-order valence-corrected chi connectivity index (χ2v) is 6.22. The molecule has 1 aromatic heterocycles. The molecule has 1 aromatic rings. The fraction of sp³-hybridized carbons (Fsp3) is 0.750. The Kier molecular flexibility index (Phi) is 4.58. The van der Waals surface area contributed by atoms with Crippen LogP contribution >= 0.6 is 0 Å². The summed E-state index contributed by atoms with van der Waals surface area (Å²) >= 11 is 0. The van der Waals surface area contributed by atoms with E-state index in [4.69, 9.17) is 4.52 Å². The summed E-state index contributed by atoms with van der Waals surface area (Å²) in [6.45, 7) is 4.97. The fourth-order valence-corrected chi connectivity index (χ4v) is 2.99. The van der Waals surface area contributed by atoms with E-state index in [0.29, 0.717) is 17.7 Å². The van der Waals surface area contributed by atoms with Gasteiger partial charge in [-0.25, -0.2) is 0 Å². The quantitative estimate of drug-likeness (QED) is 0.875. The van der Waals surface area contributed by atoms with E-state index in [1.807, 2.05) is 11.0 Å². The number of carbonyl (C=O) groups excluding carboxylic acids is 1. The first-order chi connectivity index (χ1) is 10.3. The lowest BCUT2D eigenvalue weighted by atomic mass is 10.0. The van der Waals surface area contributed by atoms with Crippen LogP contribution in [-0.2, 0) is 0 Å². The number of aromatic nitrogens is 1. The third-order valence-corrected chi connectivity index (χ3v) is 4.49. The molecule has 5 heteroatoms. The monoisotopic (exact) mass is 291 g/mol. The Bertz CT molecular complexity index is 476. The van der Waals surface area contributed by atoms with Crippen molar-refractivity contribution in [2.75, 3.05) is 19.6 Å². The summed E-state index contributed by atoms with van der Waals surface area (Å²) in [4.78, 5) is 14.8. The Morgan fingerprint density at radius 3 is 2.81 bits per heavy atom. The molecule has 1 saturated heterocycles. The summed E-state index contributed by atoms with van der Waals surface area (Å²) in [7, 11) is 0. The molecule has 2 fully saturated rings. The van der Waals surface area contributed by atoms with E-state index in [-0.39, 0.29) is 5.91 Å². The van der Waals surface area contributed by atoms with Gasteiger partial charge in [-0.05, 0) is 45.2 Å². The van der Waals surface area contributed by atoms with Gasteiger partial charge in [0.25, 0.3) is 5.91 Å². The highest BCUT2D eigenvalue weighted by atomic mass is 16.5. The third-order valence-electron chi connectivity index (χ3n) is 4.49. The van der Waals surface area contributed by atoms with E-state index < -0.39 is 0 Å². The maximum atomic E-state index is 12.8. The van der Waals surface area contributed by atoms with Crippen molar-refractivity contribution >= 4 is 5.91 Å². The van der Waals surface area contributed by atoms with E-state index in [2.05, 4.69) is 17.4 Å². The van der Waals surface area contributed by atoms with E-state index in [9.17, 15) is 4.79 Å². The molecule has 1 aliphatic heterocycles. The molecular weight excluding hydrogens is 266 g/mol. The van der Waals surface area contributed by atoms with Crippen LogP contribution in [-0.4, -0.2) is 41.6 Å². The molecule has 0 bridgehead atoms. The molecule has 2 heterocycles. The number of nitrogens with one attached hydrogen (secondary N) is 1. The molecule has 0 radical (unpaired) electrons. The van der Waals surface area contributed by atoms with Crippen molar-refractivity contribution in [1.82, 2.24) is 15.4 Å². The number of carbonyl (C=O) groups is 1. The van der Waals surface area contributed by atoms with Crippen molar-refractivity contribution in [3.05, 3.63) is 17.5 Å². The summed E-state index contributed by atoms with van der Waals surface area (Å²) in [5, 5.41) is 7.38. The van der Waals surface area contributed by atoms with Gasteiger partial charge in [-0.1, -0.05) is 18.5 Å². The highest BCUT2D eigenvalue weighted by Crippen LogP contribution is 2.40. The zero-order valence-electron chi connectivity index (χ0n) is 12.8. The molecule has 2 aliphatic rings. The molecule has 5 nitrogen and oxygen atoms in total. The van der Waals surface area contributed by atoms with Gasteiger partial charge in [-0.3, -0.25) is 4.79 Å². The van der Waals surface area contributed by atoms with Crippen LogP contribution in [0.1, 0.15) is 67.6 Å². The number of amides is 1. The van der Waals surface area contributed by atoms with Crippen LogP contribution in [0.3, 0.4) is 0 Å². The van der Waals surface area contributed by atoms with Gasteiger partial charge in [0.2, 0.25) is 0 Å². The second-order valence-electron chi connectivity index (χ2n) is 6.22. The maximum Gasteiger partial charge on any atom is 0.276 e. The van der Waals surface area contributed by atoms with Gasteiger partial charge in [0.15, 0.2) is 5.69 Å². The topological polar surface area (TPSA) is 58.4 Å². The second kappa shape index (κ2) is 6.60. The molecule has 21 heavy (non-hydrogen) atoms. The minimum atomic E-state index is 0.0472. The Morgan fingerprint density at radius 2 is 2.14 bits per heavy atom. The Labute approximate surface area is 126 Å². The smallest absolute Gasteiger partial charge is 0.276 e. The number of hydrogen-bond donors (Lipinski definition) is 1. The van der Waals surface area contributed by atoms with E-state index in [1.54, 1.807) is 0 Å². The molecule has 1 amide bonds. The average Bonchev–Trinajstić information content (AvgIpc) is 3.26. The molecule has 1 N–H and O–H groups in total. The predicted octanol–water partition coefficient (Wildman–Crippen LogP) is 2.55. The molecule has 3 rings (SSSR count). The van der Waals surface area contributed by atoms with Crippen molar-refractivity contribution < 1.29 is 9.32 Å². The number of unbranched alkanes of at least 4 members (excludes halogenated alkanes) is 1. The number of hydrogen-bond acceptors (Lipinski definition) is 4. The van der Waals surface area contributed by atoms with Crippen LogP contribution in [0.2, 0.25) is 0 Å². The van der Waals surface area contributed by atoms with Crippen LogP contribution in [0, 0.1) is 0 Å². The van der Waals surface area contributed by atoms with E-state index >= 15 is 0 Å². The van der Waals surface area contributed by atoms with Gasteiger partial charge in [0.1, 0.15) is 5.76 Å². The van der Waals surface area contributed by atoms with Crippen molar-refractivity contribution in [3.8, 4) is 0 Å². The molecule has 116 valence electrons. The molecule has 1 aliphatic carbocycles. The standard InChI is InChI=1S/C16H25N3O2/c1-2-3-10-19(13-6-8-17-9-7-13)16(20)14-11-15(21-18-14)12-4-5-12/h11-13,17H,2-10H2,1H3. The summed E-state index contributed by atoms with van der Waals surface area (Å²) in [6, 6.07) is 2.20. The minimum absolute atomic E-state index is 0.0472. The van der Waals surface area contributed by atoms with Crippen molar-refractivity contribution in [1.29, 1.82) is 0 Å². The highest BCUT2D eigenvalue weighted by Gasteiger charge is 2.31. The Morgan fingerprint density at radius 1 is 1.38 bits per heavy atom. The molecule has 0 unspecified atom stereocenters. The van der Waals surface area contributed by atoms with Gasteiger partial charge in [-0.15, -0.1) is 0 Å². The first kappa shape index (κ1) is 14.6. The molecule has 1 saturated carbocycles. The van der Waals surface area contributed by atoms with Crippen molar-refractivity contribution in [2.24, 2.45) is 0 Å². The Hall–Kier alpha value is -1.36. The average molecular weight is 291 g/mol. The maximum absolute atomic E-state index is 12.8. The fourth-order valence-electron chi connectivity index (χ4n) is 2.99. The first-order valence-electron chi connectivity index (χ1n) is 8.28. The number of rotatable bonds is 6. The van der Waals surface area contributed by atoms with E-state index in [0.717, 1.165) is 63.9 Å². The SMILES string of the molecule is CCCCN(C(=O)c1cc(C2CC2)on1)C1CCNCC1. The Balaban J connectivity index is 1.71. The normalized spacial score (nSPS) is 19.7. The molecule has 0 atom stereocenters. The van der Waals surface area contributed by atoms with Crippen LogP contribution in [0.15, 0.2) is 10.6 Å². The number of piperidine rings is 1. The van der Waals surface area contributed by atoms with Gasteiger partial charge >= 0.3 is 0 Å². The molecular formula is C16H25N3O2. The summed E-state index contributed by atoms with van der Waals surface area (Å²) in [6.07, 6.45) is 6.53. The number of nitrogens with zero attached hydrogens (tertiary/aromatic N) is 2. The van der Waals surface area contributed by atoms with E-state index in [1.165, 1.54) is 0 Å². The largest absolute Gasteiger partial charge is 0.360 e. The summed E-state index contributed by atoms with van der Waals surface area (Å²) < 4.78 is 5.34. The highest BCUT2D eigenvalue weighted by molar-refractivity contribution is 5.92. The summed E-state index contributed by atoms with van der Waals surface area (Å²) in [5.74, 6) is 1.44. The van der Waals surface area contributed by atoms with Gasteiger partial charge in [0.05, 0.1) is 0 Å². The zero-order chi connectivity index (χ0) is 14.7. The van der Waals surface area contributed by atoms with Gasteiger partial charge in [-0.2, -0.15) is 0 Å². The van der Waals surface area contributed by atoms with Crippen LogP contribution < -0.4 is 5.32 Å². The van der Waals surface area contributed by atoms with Crippen LogP contribution in [0.5, 0.6) is 0 Å². The predicted molar refractivity (Wildman–Crippen MR) is 80.3 cm³/mol. The van der Waals surface area contributed by atoms with Crippen molar-refractivity contribution in [3.63, 3.8) is 0 Å². The lowest BCUT2D eigenvalue weighted by molar-refractivity contribution is 0.0628. The lowest BCUT2D eigenvalue weighted by Gasteiger charge is -2.34. The molecule has 0 aromatic carbocycles. The molecule has 0 spiro atoms. The van der Waals surface area contributed by atoms with Crippen LogP contribution in [0.4, 0.5) is 0 Å². The van der Waals surface area contributed by atoms with Crippen LogP contribution in [0.25, 0.3) is 0 Å². The third kappa shape index (κ3) is 3.46. The zero-order valence-corrected chi connectivity index (χ0v) is 12.8. The van der Waals surface area contributed by atoms with Gasteiger partial charge < -0.3 is 14.7 Å². The van der Waals surface area contributed by atoms with Crippen molar-refractivity contribution in [2.45, 2.75) is 57.4 Å².